The summed E-state index contributed by atoms with van der Waals surface area (Å²) in [6, 6.07) is 3.17. The Balaban J connectivity index is 1.49. The van der Waals surface area contributed by atoms with E-state index in [1.165, 1.54) is 6.07 Å². The van der Waals surface area contributed by atoms with Crippen LogP contribution in [0.3, 0.4) is 0 Å². The van der Waals surface area contributed by atoms with Crippen molar-refractivity contribution in [3.63, 3.8) is 0 Å². The summed E-state index contributed by atoms with van der Waals surface area (Å²) in [7, 11) is 0. The number of hydrogen-bond donors (Lipinski definition) is 1. The smallest absolute Gasteiger partial charge is 0.222 e. The van der Waals surface area contributed by atoms with E-state index >= 15 is 0 Å². The molecule has 1 aromatic carbocycles. The topological polar surface area (TPSA) is 63.1 Å². The molecule has 2 heterocycles. The molecule has 2 aromatic rings. The van der Waals surface area contributed by atoms with Gasteiger partial charge in [0.2, 0.25) is 5.91 Å². The number of benzene rings is 1. The van der Waals surface area contributed by atoms with Crippen LogP contribution < -0.4 is 4.74 Å². The SMILES string of the molecule is CCn1c(C2CCCN(C(=O)CCCOc3ccc(F)cc3F)C2)n[nH]c1=S. The van der Waals surface area contributed by atoms with Gasteiger partial charge in [0.05, 0.1) is 6.61 Å². The third-order valence-electron chi connectivity index (χ3n) is 4.93. The van der Waals surface area contributed by atoms with E-state index in [9.17, 15) is 13.6 Å². The van der Waals surface area contributed by atoms with Crippen LogP contribution in [-0.2, 0) is 11.3 Å². The fraction of sp³-hybridized carbons (Fsp3) is 0.526. The van der Waals surface area contributed by atoms with Gasteiger partial charge in [-0.1, -0.05) is 0 Å². The molecule has 0 radical (unpaired) electrons. The number of piperidine rings is 1. The summed E-state index contributed by atoms with van der Waals surface area (Å²) in [5.74, 6) is -0.284. The monoisotopic (exact) mass is 410 g/mol. The average Bonchev–Trinajstić information content (AvgIpc) is 3.07. The van der Waals surface area contributed by atoms with Crippen LogP contribution in [-0.4, -0.2) is 45.3 Å². The van der Waals surface area contributed by atoms with Gasteiger partial charge in [-0.3, -0.25) is 9.89 Å². The van der Waals surface area contributed by atoms with Crippen LogP contribution >= 0.6 is 12.2 Å². The molecule has 1 aromatic heterocycles. The second-order valence-electron chi connectivity index (χ2n) is 6.84. The first kappa shape index (κ1) is 20.4. The lowest BCUT2D eigenvalue weighted by Gasteiger charge is -2.32. The van der Waals surface area contributed by atoms with Gasteiger partial charge in [-0.15, -0.1) is 0 Å². The number of hydrogen-bond acceptors (Lipinski definition) is 4. The summed E-state index contributed by atoms with van der Waals surface area (Å²) >= 11 is 5.25. The van der Waals surface area contributed by atoms with E-state index in [-0.39, 0.29) is 24.2 Å². The first-order valence-electron chi connectivity index (χ1n) is 9.50. The zero-order chi connectivity index (χ0) is 20.1. The summed E-state index contributed by atoms with van der Waals surface area (Å²) < 4.78 is 34.3. The van der Waals surface area contributed by atoms with Crippen LogP contribution in [0, 0.1) is 16.4 Å². The minimum atomic E-state index is -0.741. The van der Waals surface area contributed by atoms with Crippen molar-refractivity contribution in [2.45, 2.75) is 45.1 Å². The van der Waals surface area contributed by atoms with E-state index in [1.807, 2.05) is 16.4 Å². The minimum absolute atomic E-state index is 0.00532. The van der Waals surface area contributed by atoms with E-state index in [1.54, 1.807) is 0 Å². The maximum absolute atomic E-state index is 13.5. The fourth-order valence-electron chi connectivity index (χ4n) is 3.52. The van der Waals surface area contributed by atoms with Gasteiger partial charge in [0.25, 0.3) is 0 Å². The van der Waals surface area contributed by atoms with Crippen LogP contribution in [0.15, 0.2) is 18.2 Å². The number of likely N-dealkylation sites (tertiary alicyclic amines) is 1. The molecule has 0 spiro atoms. The predicted octanol–water partition coefficient (Wildman–Crippen LogP) is 3.80. The van der Waals surface area contributed by atoms with Crippen molar-refractivity contribution in [2.24, 2.45) is 0 Å². The Morgan fingerprint density at radius 1 is 1.43 bits per heavy atom. The van der Waals surface area contributed by atoms with Crippen molar-refractivity contribution >= 4 is 18.1 Å². The number of halogens is 2. The molecule has 1 aliphatic rings. The summed E-state index contributed by atoms with van der Waals surface area (Å²) in [6.45, 7) is 4.29. The molecular formula is C19H24F2N4O2S. The summed E-state index contributed by atoms with van der Waals surface area (Å²) in [5, 5.41) is 7.19. The molecule has 0 bridgehead atoms. The predicted molar refractivity (Wildman–Crippen MR) is 103 cm³/mol. The largest absolute Gasteiger partial charge is 0.491 e. The number of ether oxygens (including phenoxy) is 1. The van der Waals surface area contributed by atoms with Gasteiger partial charge in [0.1, 0.15) is 11.6 Å². The number of amides is 1. The van der Waals surface area contributed by atoms with Crippen molar-refractivity contribution in [1.82, 2.24) is 19.7 Å². The minimum Gasteiger partial charge on any atom is -0.491 e. The van der Waals surface area contributed by atoms with Crippen molar-refractivity contribution in [2.75, 3.05) is 19.7 Å². The second-order valence-corrected chi connectivity index (χ2v) is 7.22. The van der Waals surface area contributed by atoms with E-state index in [2.05, 4.69) is 10.2 Å². The molecule has 1 aliphatic heterocycles. The molecule has 1 amide bonds. The number of H-pyrrole nitrogens is 1. The molecule has 1 fully saturated rings. The summed E-state index contributed by atoms with van der Waals surface area (Å²) in [6.07, 6.45) is 2.66. The maximum atomic E-state index is 13.5. The van der Waals surface area contributed by atoms with Crippen molar-refractivity contribution in [3.05, 3.63) is 40.4 Å². The number of rotatable bonds is 7. The Kier molecular flexibility index (Phi) is 6.77. The molecule has 152 valence electrons. The third-order valence-corrected chi connectivity index (χ3v) is 5.24. The normalized spacial score (nSPS) is 17.0. The van der Waals surface area contributed by atoms with E-state index < -0.39 is 11.6 Å². The second kappa shape index (κ2) is 9.27. The molecular weight excluding hydrogens is 386 g/mol. The molecule has 6 nitrogen and oxygen atoms in total. The zero-order valence-corrected chi connectivity index (χ0v) is 16.6. The van der Waals surface area contributed by atoms with E-state index in [0.29, 0.717) is 24.2 Å². The molecule has 3 rings (SSSR count). The standard InChI is InChI=1S/C19H24F2N4O2S/c1-2-25-18(22-23-19(25)28)13-5-3-9-24(12-13)17(26)6-4-10-27-16-8-7-14(20)11-15(16)21/h7-8,11,13H,2-6,9-10,12H2,1H3,(H,23,28). The molecule has 0 aliphatic carbocycles. The van der Waals surface area contributed by atoms with Gasteiger partial charge in [-0.2, -0.15) is 5.10 Å². The van der Waals surface area contributed by atoms with Crippen LogP contribution in [0.4, 0.5) is 8.78 Å². The quantitative estimate of drug-likeness (QED) is 0.557. The van der Waals surface area contributed by atoms with Crippen molar-refractivity contribution < 1.29 is 18.3 Å². The van der Waals surface area contributed by atoms with E-state index in [4.69, 9.17) is 17.0 Å². The molecule has 28 heavy (non-hydrogen) atoms. The van der Waals surface area contributed by atoms with Gasteiger partial charge in [0, 0.05) is 38.0 Å². The lowest BCUT2D eigenvalue weighted by molar-refractivity contribution is -0.132. The number of nitrogens with one attached hydrogen (secondary N) is 1. The number of carbonyl (C=O) groups is 1. The number of aromatic amines is 1. The molecule has 1 N–H and O–H groups in total. The molecule has 1 saturated heterocycles. The highest BCUT2D eigenvalue weighted by Crippen LogP contribution is 2.26. The molecule has 9 heteroatoms. The van der Waals surface area contributed by atoms with Crippen molar-refractivity contribution in [3.8, 4) is 5.75 Å². The fourth-order valence-corrected chi connectivity index (χ4v) is 3.79. The molecule has 1 atom stereocenters. The Hall–Kier alpha value is -2.29. The molecule has 1 unspecified atom stereocenters. The molecule has 0 saturated carbocycles. The highest BCUT2D eigenvalue weighted by Gasteiger charge is 2.27. The lowest BCUT2D eigenvalue weighted by Crippen LogP contribution is -2.39. The van der Waals surface area contributed by atoms with Crippen LogP contribution in [0.5, 0.6) is 5.75 Å². The highest BCUT2D eigenvalue weighted by atomic mass is 32.1. The van der Waals surface area contributed by atoms with Gasteiger partial charge in [-0.25, -0.2) is 8.78 Å². The zero-order valence-electron chi connectivity index (χ0n) is 15.8. The number of carbonyl (C=O) groups excluding carboxylic acids is 1. The summed E-state index contributed by atoms with van der Waals surface area (Å²) in [5.41, 5.74) is 0. The average molecular weight is 410 g/mol. The first-order valence-corrected chi connectivity index (χ1v) is 9.91. The maximum Gasteiger partial charge on any atom is 0.222 e. The van der Waals surface area contributed by atoms with Crippen LogP contribution in [0.1, 0.15) is 44.3 Å². The number of aromatic nitrogens is 3. The Morgan fingerprint density at radius 2 is 2.25 bits per heavy atom. The van der Waals surface area contributed by atoms with Crippen LogP contribution in [0.2, 0.25) is 0 Å². The van der Waals surface area contributed by atoms with E-state index in [0.717, 1.165) is 43.9 Å². The van der Waals surface area contributed by atoms with Gasteiger partial charge < -0.3 is 14.2 Å². The third kappa shape index (κ3) is 4.76. The van der Waals surface area contributed by atoms with Gasteiger partial charge >= 0.3 is 0 Å². The summed E-state index contributed by atoms with van der Waals surface area (Å²) in [4.78, 5) is 14.4. The van der Waals surface area contributed by atoms with Crippen molar-refractivity contribution in [1.29, 1.82) is 0 Å². The van der Waals surface area contributed by atoms with Crippen LogP contribution in [0.25, 0.3) is 0 Å². The highest BCUT2D eigenvalue weighted by molar-refractivity contribution is 7.71. The first-order chi connectivity index (χ1) is 13.5. The van der Waals surface area contributed by atoms with Gasteiger partial charge in [0.15, 0.2) is 16.3 Å². The number of nitrogens with zero attached hydrogens (tertiary/aromatic N) is 3. The Morgan fingerprint density at radius 3 is 3.00 bits per heavy atom. The van der Waals surface area contributed by atoms with Gasteiger partial charge in [-0.05, 0) is 50.5 Å². The Labute approximate surface area is 167 Å². The lowest BCUT2D eigenvalue weighted by atomic mass is 9.96. The Bertz CT molecular complexity index is 883.